The Morgan fingerprint density at radius 3 is 2.19 bits per heavy atom. The van der Waals surface area contributed by atoms with E-state index in [1.54, 1.807) is 0 Å². The molecule has 0 amide bonds. The van der Waals surface area contributed by atoms with Crippen LogP contribution in [0.1, 0.15) is 13.3 Å². The van der Waals surface area contributed by atoms with Crippen LogP contribution in [0, 0.1) is 0 Å². The van der Waals surface area contributed by atoms with Crippen molar-refractivity contribution in [3.63, 3.8) is 0 Å². The van der Waals surface area contributed by atoms with Crippen LogP contribution in [0.3, 0.4) is 0 Å². The molecular formula is C8H10F6OS. The molecule has 8 heteroatoms. The maximum atomic E-state index is 12.8. The Labute approximate surface area is 92.6 Å². The monoisotopic (exact) mass is 268 g/mol. The molecule has 0 fully saturated rings. The molecule has 0 N–H and O–H groups in total. The molecule has 0 bridgehead atoms. The largest absolute Gasteiger partial charge is 0.343 e. The second-order valence-electron chi connectivity index (χ2n) is 3.06. The Kier molecular flexibility index (Phi) is 5.64. The zero-order valence-corrected chi connectivity index (χ0v) is 9.10. The van der Waals surface area contributed by atoms with E-state index in [4.69, 9.17) is 0 Å². The third kappa shape index (κ3) is 3.88. The van der Waals surface area contributed by atoms with Crippen LogP contribution in [-0.2, 0) is 4.79 Å². The number of alkyl halides is 6. The van der Waals surface area contributed by atoms with Crippen LogP contribution >= 0.6 is 11.8 Å². The minimum Gasteiger partial charge on any atom is -0.288 e. The van der Waals surface area contributed by atoms with E-state index in [2.05, 4.69) is 0 Å². The molecule has 0 aromatic carbocycles. The quantitative estimate of drug-likeness (QED) is 0.688. The summed E-state index contributed by atoms with van der Waals surface area (Å²) in [6, 6.07) is 0. The van der Waals surface area contributed by atoms with Crippen molar-refractivity contribution in [1.29, 1.82) is 0 Å². The van der Waals surface area contributed by atoms with Gasteiger partial charge in [0.15, 0.2) is 18.0 Å². The molecule has 1 unspecified atom stereocenters. The first-order chi connectivity index (χ1) is 7.15. The molecule has 0 spiro atoms. The minimum atomic E-state index is -5.06. The summed E-state index contributed by atoms with van der Waals surface area (Å²) in [5.74, 6) is -10.4. The van der Waals surface area contributed by atoms with E-state index in [1.807, 2.05) is 0 Å². The summed E-state index contributed by atoms with van der Waals surface area (Å²) < 4.78 is 74.4. The van der Waals surface area contributed by atoms with Crippen molar-refractivity contribution in [2.45, 2.75) is 31.4 Å². The molecule has 0 aliphatic heterocycles. The van der Waals surface area contributed by atoms with Gasteiger partial charge in [0.05, 0.1) is 0 Å². The van der Waals surface area contributed by atoms with Crippen molar-refractivity contribution < 1.29 is 31.1 Å². The molecule has 0 saturated carbocycles. The molecule has 0 aliphatic rings. The van der Waals surface area contributed by atoms with Crippen molar-refractivity contribution in [3.05, 3.63) is 0 Å². The van der Waals surface area contributed by atoms with Gasteiger partial charge in [0.1, 0.15) is 0 Å². The average molecular weight is 268 g/mol. The smallest absolute Gasteiger partial charge is 0.288 e. The number of halogens is 6. The highest BCUT2D eigenvalue weighted by molar-refractivity contribution is 8.13. The molecular weight excluding hydrogens is 258 g/mol. The van der Waals surface area contributed by atoms with Crippen LogP contribution in [0.5, 0.6) is 0 Å². The normalized spacial score (nSPS) is 14.9. The van der Waals surface area contributed by atoms with Gasteiger partial charge in [0.2, 0.25) is 0 Å². The van der Waals surface area contributed by atoms with Gasteiger partial charge in [-0.2, -0.15) is 17.6 Å². The minimum absolute atomic E-state index is 0.353. The molecule has 1 nitrogen and oxygen atoms in total. The summed E-state index contributed by atoms with van der Waals surface area (Å²) in [7, 11) is 0. The standard InChI is InChI=1S/C8H10F6OS/c1-5(15)16-3-2-6(10)8(13,14)7(11,12)4-9/h6H,2-4H2,1H3. The topological polar surface area (TPSA) is 17.1 Å². The summed E-state index contributed by atoms with van der Waals surface area (Å²) in [5, 5.41) is -0.437. The van der Waals surface area contributed by atoms with Gasteiger partial charge in [-0.1, -0.05) is 11.8 Å². The number of carbonyl (C=O) groups is 1. The number of rotatable bonds is 6. The predicted molar refractivity (Wildman–Crippen MR) is 48.5 cm³/mol. The van der Waals surface area contributed by atoms with Crippen molar-refractivity contribution >= 4 is 16.9 Å². The fourth-order valence-corrected chi connectivity index (χ4v) is 1.42. The van der Waals surface area contributed by atoms with Gasteiger partial charge in [-0.25, -0.2) is 8.78 Å². The highest BCUT2D eigenvalue weighted by atomic mass is 32.2. The van der Waals surface area contributed by atoms with E-state index >= 15 is 0 Å². The van der Waals surface area contributed by atoms with E-state index in [0.29, 0.717) is 11.8 Å². The average Bonchev–Trinajstić information content (AvgIpc) is 2.16. The predicted octanol–water partition coefficient (Wildman–Crippen LogP) is 3.23. The number of hydrogen-bond donors (Lipinski definition) is 0. The lowest BCUT2D eigenvalue weighted by atomic mass is 10.1. The zero-order chi connectivity index (χ0) is 13.0. The van der Waals surface area contributed by atoms with Crippen molar-refractivity contribution in [2.75, 3.05) is 12.4 Å². The molecule has 0 saturated heterocycles. The molecule has 16 heavy (non-hydrogen) atoms. The Morgan fingerprint density at radius 1 is 1.31 bits per heavy atom. The van der Waals surface area contributed by atoms with Crippen LogP contribution in [0.2, 0.25) is 0 Å². The molecule has 1 atom stereocenters. The van der Waals surface area contributed by atoms with Crippen LogP contribution in [0.25, 0.3) is 0 Å². The fourth-order valence-electron chi connectivity index (χ4n) is 0.806. The van der Waals surface area contributed by atoms with E-state index in [-0.39, 0.29) is 5.75 Å². The Bertz CT molecular complexity index is 245. The lowest BCUT2D eigenvalue weighted by Crippen LogP contribution is -2.49. The maximum absolute atomic E-state index is 12.8. The van der Waals surface area contributed by atoms with Gasteiger partial charge in [-0.05, 0) is 6.42 Å². The Morgan fingerprint density at radius 2 is 1.81 bits per heavy atom. The molecule has 0 aromatic heterocycles. The summed E-state index contributed by atoms with van der Waals surface area (Å²) >= 11 is 0.543. The fraction of sp³-hybridized carbons (Fsp3) is 0.875. The lowest BCUT2D eigenvalue weighted by Gasteiger charge is -2.26. The molecule has 96 valence electrons. The van der Waals surface area contributed by atoms with E-state index < -0.39 is 36.2 Å². The number of carbonyl (C=O) groups excluding carboxylic acids is 1. The van der Waals surface area contributed by atoms with Gasteiger partial charge >= 0.3 is 11.8 Å². The summed E-state index contributed by atoms with van der Waals surface area (Å²) in [6.45, 7) is -1.49. The van der Waals surface area contributed by atoms with E-state index in [0.717, 1.165) is 6.92 Å². The Balaban J connectivity index is 4.35. The SMILES string of the molecule is CC(=O)SCCC(F)C(F)(F)C(F)(F)CF. The summed E-state index contributed by atoms with van der Waals surface area (Å²) in [6.07, 6.45) is -4.11. The number of hydrogen-bond acceptors (Lipinski definition) is 2. The van der Waals surface area contributed by atoms with Gasteiger partial charge in [-0.15, -0.1) is 0 Å². The van der Waals surface area contributed by atoms with Gasteiger partial charge in [0.25, 0.3) is 0 Å². The van der Waals surface area contributed by atoms with Crippen molar-refractivity contribution in [2.24, 2.45) is 0 Å². The zero-order valence-electron chi connectivity index (χ0n) is 8.28. The molecule has 0 rings (SSSR count). The first-order valence-electron chi connectivity index (χ1n) is 4.24. The first-order valence-corrected chi connectivity index (χ1v) is 5.22. The summed E-state index contributed by atoms with van der Waals surface area (Å²) in [4.78, 5) is 10.4. The molecule has 0 heterocycles. The van der Waals surface area contributed by atoms with Crippen LogP contribution in [0.4, 0.5) is 26.3 Å². The third-order valence-corrected chi connectivity index (χ3v) is 2.57. The highest BCUT2D eigenvalue weighted by Crippen LogP contribution is 2.40. The van der Waals surface area contributed by atoms with Crippen LogP contribution in [-0.4, -0.2) is 35.6 Å². The van der Waals surface area contributed by atoms with Crippen LogP contribution in [0.15, 0.2) is 0 Å². The molecule has 0 radical (unpaired) electrons. The second kappa shape index (κ2) is 5.79. The molecule has 0 aliphatic carbocycles. The summed E-state index contributed by atoms with van der Waals surface area (Å²) in [5.41, 5.74) is 0. The second-order valence-corrected chi connectivity index (χ2v) is 4.33. The first kappa shape index (κ1) is 15.6. The van der Waals surface area contributed by atoms with E-state index in [1.165, 1.54) is 0 Å². The van der Waals surface area contributed by atoms with Crippen molar-refractivity contribution in [3.8, 4) is 0 Å². The van der Waals surface area contributed by atoms with E-state index in [9.17, 15) is 31.1 Å². The highest BCUT2D eigenvalue weighted by Gasteiger charge is 2.61. The third-order valence-electron chi connectivity index (χ3n) is 1.73. The van der Waals surface area contributed by atoms with Gasteiger partial charge < -0.3 is 0 Å². The molecule has 0 aromatic rings. The lowest BCUT2D eigenvalue weighted by molar-refractivity contribution is -0.244. The van der Waals surface area contributed by atoms with Gasteiger partial charge in [0, 0.05) is 12.7 Å². The van der Waals surface area contributed by atoms with Crippen molar-refractivity contribution in [1.82, 2.24) is 0 Å². The maximum Gasteiger partial charge on any atom is 0.343 e. The van der Waals surface area contributed by atoms with Gasteiger partial charge in [-0.3, -0.25) is 4.79 Å². The van der Waals surface area contributed by atoms with Crippen LogP contribution < -0.4 is 0 Å². The number of thioether (sulfide) groups is 1. The Hall–Kier alpha value is -0.400.